The number of pyridine rings is 1. The van der Waals surface area contributed by atoms with Crippen LogP contribution in [-0.4, -0.2) is 43.7 Å². The van der Waals surface area contributed by atoms with Gasteiger partial charge in [-0.3, -0.25) is 0 Å². The zero-order valence-electron chi connectivity index (χ0n) is 10.9. The molecule has 5 heteroatoms. The van der Waals surface area contributed by atoms with Gasteiger partial charge in [0, 0.05) is 6.54 Å². The molecule has 0 bridgehead atoms. The van der Waals surface area contributed by atoms with Gasteiger partial charge in [-0.05, 0) is 46.1 Å². The average molecular weight is 238 g/mol. The summed E-state index contributed by atoms with van der Waals surface area (Å²) in [6, 6.07) is 3.68. The Morgan fingerprint density at radius 1 is 1.41 bits per heavy atom. The number of aromatic nitrogens is 1. The van der Waals surface area contributed by atoms with E-state index in [1.54, 1.807) is 0 Å². The number of nitrogen functional groups attached to an aromatic ring is 1. The Labute approximate surface area is 103 Å². The Hall–Kier alpha value is -1.49. The summed E-state index contributed by atoms with van der Waals surface area (Å²) in [6.45, 7) is 4.43. The first-order chi connectivity index (χ1) is 8.13. The summed E-state index contributed by atoms with van der Waals surface area (Å²) in [6.07, 6.45) is 1.07. The number of hydrogen-bond acceptors (Lipinski definition) is 5. The van der Waals surface area contributed by atoms with Crippen LogP contribution in [0.4, 0.5) is 11.5 Å². The van der Waals surface area contributed by atoms with Gasteiger partial charge in [0.15, 0.2) is 0 Å². The third kappa shape index (κ3) is 4.91. The standard InChI is InChI=1S/C12H22N4O/c1-4-17-12-10(13)6-7-11(15-12)14-8-5-9-16(2)3/h6-7H,4-5,8-9,13H2,1-3H3,(H,14,15). The van der Waals surface area contributed by atoms with Crippen LogP contribution in [0.25, 0.3) is 0 Å². The summed E-state index contributed by atoms with van der Waals surface area (Å²) >= 11 is 0. The molecule has 0 aliphatic rings. The lowest BCUT2D eigenvalue weighted by Gasteiger charge is -2.11. The molecule has 3 N–H and O–H groups in total. The van der Waals surface area contributed by atoms with Gasteiger partial charge in [0.25, 0.3) is 0 Å². The molecule has 0 unspecified atom stereocenters. The molecule has 1 aromatic heterocycles. The minimum Gasteiger partial charge on any atom is -0.476 e. The van der Waals surface area contributed by atoms with Crippen LogP contribution in [-0.2, 0) is 0 Å². The van der Waals surface area contributed by atoms with Crippen molar-refractivity contribution in [3.05, 3.63) is 12.1 Å². The van der Waals surface area contributed by atoms with Crippen LogP contribution in [0.2, 0.25) is 0 Å². The maximum Gasteiger partial charge on any atom is 0.239 e. The summed E-state index contributed by atoms with van der Waals surface area (Å²) in [5.74, 6) is 1.31. The van der Waals surface area contributed by atoms with Crippen molar-refractivity contribution in [1.29, 1.82) is 0 Å². The van der Waals surface area contributed by atoms with Gasteiger partial charge in [-0.15, -0.1) is 0 Å². The van der Waals surface area contributed by atoms with Crippen LogP contribution < -0.4 is 15.8 Å². The molecule has 0 saturated carbocycles. The van der Waals surface area contributed by atoms with Crippen LogP contribution in [0.1, 0.15) is 13.3 Å². The van der Waals surface area contributed by atoms with E-state index in [1.807, 2.05) is 19.1 Å². The maximum absolute atomic E-state index is 5.75. The molecular formula is C12H22N4O. The highest BCUT2D eigenvalue weighted by molar-refractivity contribution is 5.53. The molecule has 0 amide bonds. The normalized spacial score (nSPS) is 10.6. The van der Waals surface area contributed by atoms with Crippen molar-refractivity contribution in [2.45, 2.75) is 13.3 Å². The Balaban J connectivity index is 2.45. The number of ether oxygens (including phenoxy) is 1. The van der Waals surface area contributed by atoms with E-state index in [-0.39, 0.29) is 0 Å². The van der Waals surface area contributed by atoms with Crippen LogP contribution >= 0.6 is 0 Å². The summed E-state index contributed by atoms with van der Waals surface area (Å²) in [5, 5.41) is 3.25. The highest BCUT2D eigenvalue weighted by Crippen LogP contribution is 2.20. The van der Waals surface area contributed by atoms with Crippen molar-refractivity contribution in [2.75, 3.05) is 44.8 Å². The highest BCUT2D eigenvalue weighted by atomic mass is 16.5. The Morgan fingerprint density at radius 2 is 2.18 bits per heavy atom. The summed E-state index contributed by atoms with van der Waals surface area (Å²) < 4.78 is 5.34. The van der Waals surface area contributed by atoms with Gasteiger partial charge in [0.1, 0.15) is 5.82 Å². The first-order valence-corrected chi connectivity index (χ1v) is 5.91. The predicted molar refractivity (Wildman–Crippen MR) is 71.5 cm³/mol. The van der Waals surface area contributed by atoms with Gasteiger partial charge in [-0.1, -0.05) is 0 Å². The monoisotopic (exact) mass is 238 g/mol. The third-order valence-electron chi connectivity index (χ3n) is 2.26. The minimum atomic E-state index is 0.505. The number of hydrogen-bond donors (Lipinski definition) is 2. The number of nitrogens with zero attached hydrogens (tertiary/aromatic N) is 2. The fourth-order valence-corrected chi connectivity index (χ4v) is 1.41. The van der Waals surface area contributed by atoms with E-state index >= 15 is 0 Å². The second-order valence-electron chi connectivity index (χ2n) is 4.11. The molecule has 0 aliphatic heterocycles. The van der Waals surface area contributed by atoms with E-state index in [4.69, 9.17) is 10.5 Å². The Kier molecular flexibility index (Phi) is 5.56. The van der Waals surface area contributed by atoms with Gasteiger partial charge in [0.05, 0.1) is 12.3 Å². The second-order valence-corrected chi connectivity index (χ2v) is 4.11. The molecule has 17 heavy (non-hydrogen) atoms. The fourth-order valence-electron chi connectivity index (χ4n) is 1.41. The number of anilines is 2. The molecule has 5 nitrogen and oxygen atoms in total. The van der Waals surface area contributed by atoms with Crippen molar-refractivity contribution in [3.63, 3.8) is 0 Å². The molecule has 0 radical (unpaired) electrons. The molecule has 0 spiro atoms. The van der Waals surface area contributed by atoms with Crippen molar-refractivity contribution in [1.82, 2.24) is 9.88 Å². The van der Waals surface area contributed by atoms with Crippen molar-refractivity contribution >= 4 is 11.5 Å². The zero-order valence-corrected chi connectivity index (χ0v) is 10.9. The molecule has 0 aromatic carbocycles. The van der Waals surface area contributed by atoms with Crippen LogP contribution in [0.5, 0.6) is 5.88 Å². The molecule has 0 aliphatic carbocycles. The molecule has 1 rings (SSSR count). The Bertz CT molecular complexity index is 341. The third-order valence-corrected chi connectivity index (χ3v) is 2.26. The van der Waals surface area contributed by atoms with Gasteiger partial charge in [-0.25, -0.2) is 0 Å². The van der Waals surface area contributed by atoms with Crippen LogP contribution in [0.15, 0.2) is 12.1 Å². The summed E-state index contributed by atoms with van der Waals surface area (Å²) in [4.78, 5) is 6.46. The maximum atomic E-state index is 5.75. The quantitative estimate of drug-likeness (QED) is 0.703. The van der Waals surface area contributed by atoms with Gasteiger partial charge >= 0.3 is 0 Å². The van der Waals surface area contributed by atoms with Crippen LogP contribution in [0.3, 0.4) is 0 Å². The molecule has 1 heterocycles. The molecule has 0 fully saturated rings. The SMILES string of the molecule is CCOc1nc(NCCCN(C)C)ccc1N. The van der Waals surface area contributed by atoms with E-state index < -0.39 is 0 Å². The Morgan fingerprint density at radius 3 is 2.82 bits per heavy atom. The molecule has 0 saturated heterocycles. The minimum absolute atomic E-state index is 0.505. The number of nitrogens with two attached hydrogens (primary N) is 1. The van der Waals surface area contributed by atoms with Crippen molar-refractivity contribution in [3.8, 4) is 5.88 Å². The largest absolute Gasteiger partial charge is 0.476 e. The molecule has 1 aromatic rings. The second kappa shape index (κ2) is 6.96. The van der Waals surface area contributed by atoms with E-state index in [1.165, 1.54) is 0 Å². The molecule has 0 atom stereocenters. The number of nitrogens with one attached hydrogen (secondary N) is 1. The van der Waals surface area contributed by atoms with E-state index in [2.05, 4.69) is 29.3 Å². The van der Waals surface area contributed by atoms with E-state index in [0.717, 1.165) is 25.3 Å². The summed E-state index contributed by atoms with van der Waals surface area (Å²) in [7, 11) is 4.13. The summed E-state index contributed by atoms with van der Waals surface area (Å²) in [5.41, 5.74) is 6.32. The van der Waals surface area contributed by atoms with Gasteiger partial charge in [-0.2, -0.15) is 4.98 Å². The highest BCUT2D eigenvalue weighted by Gasteiger charge is 2.03. The number of rotatable bonds is 7. The first-order valence-electron chi connectivity index (χ1n) is 5.91. The fraction of sp³-hybridized carbons (Fsp3) is 0.583. The lowest BCUT2D eigenvalue weighted by atomic mass is 10.3. The lowest BCUT2D eigenvalue weighted by Crippen LogP contribution is -2.16. The topological polar surface area (TPSA) is 63.4 Å². The van der Waals surface area contributed by atoms with E-state index in [0.29, 0.717) is 18.2 Å². The van der Waals surface area contributed by atoms with Crippen LogP contribution in [0, 0.1) is 0 Å². The van der Waals surface area contributed by atoms with Crippen molar-refractivity contribution in [2.24, 2.45) is 0 Å². The molecule has 96 valence electrons. The van der Waals surface area contributed by atoms with Gasteiger partial charge in [0.2, 0.25) is 5.88 Å². The smallest absolute Gasteiger partial charge is 0.239 e. The lowest BCUT2D eigenvalue weighted by molar-refractivity contribution is 0.329. The van der Waals surface area contributed by atoms with E-state index in [9.17, 15) is 0 Å². The molecular weight excluding hydrogens is 216 g/mol. The predicted octanol–water partition coefficient (Wildman–Crippen LogP) is 1.43. The average Bonchev–Trinajstić information content (AvgIpc) is 2.28. The first kappa shape index (κ1) is 13.6. The van der Waals surface area contributed by atoms with Crippen molar-refractivity contribution < 1.29 is 4.74 Å². The van der Waals surface area contributed by atoms with Gasteiger partial charge < -0.3 is 20.7 Å². The zero-order chi connectivity index (χ0) is 12.7.